The summed E-state index contributed by atoms with van der Waals surface area (Å²) in [5, 5.41) is 12.8. The number of anilines is 2. The summed E-state index contributed by atoms with van der Waals surface area (Å²) in [5.41, 5.74) is 1.62. The molecule has 1 amide bonds. The first-order valence-electron chi connectivity index (χ1n) is 9.39. The number of amides is 1. The van der Waals surface area contributed by atoms with Crippen molar-refractivity contribution in [2.24, 2.45) is 0 Å². The molecule has 0 aliphatic carbocycles. The van der Waals surface area contributed by atoms with E-state index < -0.39 is 15.9 Å². The van der Waals surface area contributed by atoms with Crippen molar-refractivity contribution < 1.29 is 18.3 Å². The zero-order valence-electron chi connectivity index (χ0n) is 17.0. The number of aromatic hydroxyl groups is 1. The van der Waals surface area contributed by atoms with E-state index in [1.807, 2.05) is 26.8 Å². The Balaban J connectivity index is 1.82. The van der Waals surface area contributed by atoms with E-state index in [1.165, 1.54) is 18.2 Å². The fraction of sp³-hybridized carbons (Fsp3) is 0.174. The Morgan fingerprint density at radius 2 is 1.60 bits per heavy atom. The van der Waals surface area contributed by atoms with Crippen LogP contribution in [0, 0.1) is 0 Å². The molecule has 30 heavy (non-hydrogen) atoms. The molecule has 6 nitrogen and oxygen atoms in total. The van der Waals surface area contributed by atoms with Crippen LogP contribution in [0.4, 0.5) is 11.4 Å². The third-order valence-electron chi connectivity index (χ3n) is 4.54. The molecule has 0 spiro atoms. The fourth-order valence-electron chi connectivity index (χ4n) is 2.83. The smallest absolute Gasteiger partial charge is 0.261 e. The maximum Gasteiger partial charge on any atom is 0.261 e. The van der Waals surface area contributed by atoms with Crippen LogP contribution in [0.5, 0.6) is 5.75 Å². The molecule has 0 saturated carbocycles. The van der Waals surface area contributed by atoms with Crippen LogP contribution in [0.25, 0.3) is 0 Å². The number of phenols is 1. The van der Waals surface area contributed by atoms with E-state index in [9.17, 15) is 18.3 Å². The quantitative estimate of drug-likeness (QED) is 0.516. The highest BCUT2D eigenvalue weighted by atomic mass is 32.2. The molecule has 0 heterocycles. The number of nitrogens with one attached hydrogen (secondary N) is 2. The Morgan fingerprint density at radius 1 is 0.900 bits per heavy atom. The molecule has 3 aromatic rings. The van der Waals surface area contributed by atoms with Gasteiger partial charge in [0, 0.05) is 11.3 Å². The molecule has 0 atom stereocenters. The SMILES string of the molecule is CC(C)(C)c1ccc(O)c(NC(=O)c2cccc(NS(=O)(=O)c3ccccc3)c2)c1. The van der Waals surface area contributed by atoms with Gasteiger partial charge in [-0.15, -0.1) is 0 Å². The van der Waals surface area contributed by atoms with Crippen molar-refractivity contribution in [1.29, 1.82) is 0 Å². The van der Waals surface area contributed by atoms with Crippen LogP contribution in [0.3, 0.4) is 0 Å². The summed E-state index contributed by atoms with van der Waals surface area (Å²) in [7, 11) is -3.77. The van der Waals surface area contributed by atoms with Gasteiger partial charge >= 0.3 is 0 Å². The Kier molecular flexibility index (Phi) is 5.85. The second-order valence-corrected chi connectivity index (χ2v) is 9.62. The first-order chi connectivity index (χ1) is 14.1. The zero-order chi connectivity index (χ0) is 21.9. The van der Waals surface area contributed by atoms with Crippen LogP contribution >= 0.6 is 0 Å². The molecule has 0 aromatic heterocycles. The van der Waals surface area contributed by atoms with Crippen molar-refractivity contribution in [2.75, 3.05) is 10.0 Å². The van der Waals surface area contributed by atoms with E-state index in [2.05, 4.69) is 10.0 Å². The highest BCUT2D eigenvalue weighted by molar-refractivity contribution is 7.92. The Hall–Kier alpha value is -3.32. The summed E-state index contributed by atoms with van der Waals surface area (Å²) in [4.78, 5) is 12.8. The van der Waals surface area contributed by atoms with Crippen molar-refractivity contribution in [2.45, 2.75) is 31.1 Å². The van der Waals surface area contributed by atoms with E-state index in [0.717, 1.165) is 5.56 Å². The van der Waals surface area contributed by atoms with Gasteiger partial charge in [0.05, 0.1) is 10.6 Å². The number of phenolic OH excluding ortho intramolecular Hbond substituents is 1. The van der Waals surface area contributed by atoms with E-state index >= 15 is 0 Å². The minimum Gasteiger partial charge on any atom is -0.506 e. The number of carbonyl (C=O) groups excluding carboxylic acids is 1. The Morgan fingerprint density at radius 3 is 2.27 bits per heavy atom. The highest BCUT2D eigenvalue weighted by Crippen LogP contribution is 2.31. The molecule has 3 N–H and O–H groups in total. The van der Waals surface area contributed by atoms with Gasteiger partial charge in [0.15, 0.2) is 0 Å². The average molecular weight is 425 g/mol. The summed E-state index contributed by atoms with van der Waals surface area (Å²) in [6.07, 6.45) is 0. The van der Waals surface area contributed by atoms with Crippen LogP contribution in [0.2, 0.25) is 0 Å². The molecule has 0 aliphatic rings. The number of carbonyl (C=O) groups is 1. The first kappa shape index (κ1) is 21.4. The molecule has 0 unspecified atom stereocenters. The predicted molar refractivity (Wildman–Crippen MR) is 118 cm³/mol. The first-order valence-corrected chi connectivity index (χ1v) is 10.9. The molecule has 3 rings (SSSR count). The molecule has 7 heteroatoms. The second-order valence-electron chi connectivity index (χ2n) is 7.94. The standard InChI is InChI=1S/C23H24N2O4S/c1-23(2,3)17-12-13-21(26)20(15-17)24-22(27)16-8-7-9-18(14-16)25-30(28,29)19-10-5-4-6-11-19/h4-15,25-26H,1-3H3,(H,24,27). The van der Waals surface area contributed by atoms with Crippen LogP contribution in [-0.2, 0) is 15.4 Å². The second kappa shape index (κ2) is 8.20. The van der Waals surface area contributed by atoms with Crippen molar-refractivity contribution in [3.05, 3.63) is 83.9 Å². The van der Waals surface area contributed by atoms with Crippen molar-refractivity contribution in [3.8, 4) is 5.75 Å². The van der Waals surface area contributed by atoms with E-state index in [1.54, 1.807) is 48.5 Å². The van der Waals surface area contributed by atoms with Gasteiger partial charge in [0.25, 0.3) is 15.9 Å². The number of sulfonamides is 1. The van der Waals surface area contributed by atoms with E-state index in [-0.39, 0.29) is 27.3 Å². The monoisotopic (exact) mass is 424 g/mol. The van der Waals surface area contributed by atoms with Gasteiger partial charge in [0.2, 0.25) is 0 Å². The van der Waals surface area contributed by atoms with Crippen LogP contribution in [-0.4, -0.2) is 19.4 Å². The summed E-state index contributed by atoms with van der Waals surface area (Å²) < 4.78 is 27.5. The fourth-order valence-corrected chi connectivity index (χ4v) is 3.91. The molecule has 3 aromatic carbocycles. The van der Waals surface area contributed by atoms with E-state index in [0.29, 0.717) is 5.69 Å². The number of rotatable bonds is 5. The molecule has 156 valence electrons. The van der Waals surface area contributed by atoms with E-state index in [4.69, 9.17) is 0 Å². The third kappa shape index (κ3) is 4.99. The molecule has 0 bridgehead atoms. The van der Waals surface area contributed by atoms with Gasteiger partial charge in [-0.1, -0.05) is 51.1 Å². The lowest BCUT2D eigenvalue weighted by Crippen LogP contribution is -2.16. The minimum atomic E-state index is -3.77. The predicted octanol–water partition coefficient (Wildman–Crippen LogP) is 4.74. The Labute approximate surface area is 176 Å². The van der Waals surface area contributed by atoms with Crippen molar-refractivity contribution in [3.63, 3.8) is 0 Å². The van der Waals surface area contributed by atoms with Crippen molar-refractivity contribution >= 4 is 27.3 Å². The van der Waals surface area contributed by atoms with Gasteiger partial charge in [-0.2, -0.15) is 0 Å². The average Bonchev–Trinajstić information content (AvgIpc) is 2.69. The van der Waals surface area contributed by atoms with Gasteiger partial charge in [-0.3, -0.25) is 9.52 Å². The van der Waals surface area contributed by atoms with Gasteiger partial charge < -0.3 is 10.4 Å². The van der Waals surface area contributed by atoms with Crippen LogP contribution < -0.4 is 10.0 Å². The molecule has 0 radical (unpaired) electrons. The summed E-state index contributed by atoms with van der Waals surface area (Å²) in [5.74, 6) is -0.505. The van der Waals surface area contributed by atoms with Gasteiger partial charge in [-0.25, -0.2) is 8.42 Å². The number of hydrogen-bond donors (Lipinski definition) is 3. The van der Waals surface area contributed by atoms with Gasteiger partial charge in [0.1, 0.15) is 5.75 Å². The molecule has 0 aliphatic heterocycles. The maximum atomic E-state index is 12.7. The van der Waals surface area contributed by atoms with Crippen molar-refractivity contribution in [1.82, 2.24) is 0 Å². The lowest BCUT2D eigenvalue weighted by atomic mass is 9.87. The summed E-state index contributed by atoms with van der Waals surface area (Å²) >= 11 is 0. The minimum absolute atomic E-state index is 0.0442. The number of benzene rings is 3. The molecule has 0 fully saturated rings. The summed E-state index contributed by atoms with van der Waals surface area (Å²) in [6, 6.07) is 19.2. The third-order valence-corrected chi connectivity index (χ3v) is 5.94. The molecule has 0 saturated heterocycles. The topological polar surface area (TPSA) is 95.5 Å². The van der Waals surface area contributed by atoms with Gasteiger partial charge in [-0.05, 0) is 53.4 Å². The van der Waals surface area contributed by atoms with Crippen LogP contribution in [0.15, 0.2) is 77.7 Å². The molecular formula is C23H24N2O4S. The zero-order valence-corrected chi connectivity index (χ0v) is 17.8. The largest absolute Gasteiger partial charge is 0.506 e. The molecular weight excluding hydrogens is 400 g/mol. The highest BCUT2D eigenvalue weighted by Gasteiger charge is 2.18. The lowest BCUT2D eigenvalue weighted by molar-refractivity contribution is 0.102. The lowest BCUT2D eigenvalue weighted by Gasteiger charge is -2.20. The Bertz CT molecular complexity index is 1170. The normalized spacial score (nSPS) is 11.7. The summed E-state index contributed by atoms with van der Waals surface area (Å²) in [6.45, 7) is 6.11. The maximum absolute atomic E-state index is 12.7. The van der Waals surface area contributed by atoms with Crippen LogP contribution in [0.1, 0.15) is 36.7 Å². The number of hydrogen-bond acceptors (Lipinski definition) is 4.